The fourth-order valence-electron chi connectivity index (χ4n) is 6.30. The molecule has 0 radical (unpaired) electrons. The van der Waals surface area contributed by atoms with Crippen LogP contribution in [0.5, 0.6) is 0 Å². The molecule has 0 unspecified atom stereocenters. The fourth-order valence-corrected chi connectivity index (χ4v) is 12.1. The standard InChI is InChI=1S/C42H39O8P2.CH2Cl2.ClH.Pd/c1-47-39(43)35(40(44)48-2)37(51(31-20-9-5-10-21-31)32-22-11-6-12-23-32)29-18-17-19-30(28-29)38(36(41(45)49-3)42(46)50-4)52(33-24-13-7-14-25-33)34-26-15-8-16-27-34;2-1-3;;/h5-27,35-38H,1-4H3;1H2;1H;/q-1;;;+2/p-1/t37-,38-;;;/m0.../s1. The van der Waals surface area contributed by atoms with E-state index in [1.165, 1.54) is 28.4 Å². The van der Waals surface area contributed by atoms with Gasteiger partial charge in [0.1, 0.15) is 0 Å². The van der Waals surface area contributed by atoms with Gasteiger partial charge in [-0.2, -0.15) is 35.4 Å². The molecule has 0 aromatic heterocycles. The van der Waals surface area contributed by atoms with Crippen LogP contribution in [0.3, 0.4) is 0 Å². The van der Waals surface area contributed by atoms with E-state index in [0.717, 1.165) is 21.2 Å². The van der Waals surface area contributed by atoms with E-state index in [2.05, 4.69) is 6.07 Å². The summed E-state index contributed by atoms with van der Waals surface area (Å²) in [5.74, 6) is -5.80. The number of esters is 4. The van der Waals surface area contributed by atoms with Gasteiger partial charge in [-0.25, -0.2) is 0 Å². The molecular weight excluding hydrogens is 919 g/mol. The maximum atomic E-state index is 13.7. The number of carbonyl (C=O) groups excluding carboxylic acids is 4. The molecule has 0 spiro atoms. The van der Waals surface area contributed by atoms with Crippen molar-refractivity contribution in [3.63, 3.8) is 0 Å². The quantitative estimate of drug-likeness (QED) is 0.0311. The molecule has 0 aliphatic rings. The Morgan fingerprint density at radius 2 is 0.702 bits per heavy atom. The van der Waals surface area contributed by atoms with Gasteiger partial charge in [0.15, 0.2) is 11.8 Å². The number of hydrogen-bond acceptors (Lipinski definition) is 8. The number of ether oxygens (including phenoxy) is 4. The van der Waals surface area contributed by atoms with Crippen molar-refractivity contribution in [2.24, 2.45) is 11.8 Å². The SMILES string of the molecule is COC(=O)C(C(=O)OC)[C@H](c1[c-]c([C@@H](C(C(=O)OC)C(=O)OC)P(c2ccccc2)c2ccccc2)ccc1)P(c1ccccc1)c1ccccc1.ClCCl.[Cl-].[Pd+2]. The Morgan fingerprint density at radius 1 is 0.474 bits per heavy atom. The van der Waals surface area contributed by atoms with Gasteiger partial charge in [-0.3, -0.25) is 19.2 Å². The molecule has 14 heteroatoms. The predicted octanol–water partition coefficient (Wildman–Crippen LogP) is 4.18. The van der Waals surface area contributed by atoms with Crippen molar-refractivity contribution in [3.8, 4) is 0 Å². The van der Waals surface area contributed by atoms with Crippen LogP contribution in [0.1, 0.15) is 22.4 Å². The van der Waals surface area contributed by atoms with Gasteiger partial charge in [-0.1, -0.05) is 121 Å². The Morgan fingerprint density at radius 3 is 0.912 bits per heavy atom. The van der Waals surface area contributed by atoms with Crippen LogP contribution in [0.15, 0.2) is 140 Å². The van der Waals surface area contributed by atoms with Gasteiger partial charge in [0.05, 0.1) is 33.8 Å². The molecule has 5 aromatic carbocycles. The van der Waals surface area contributed by atoms with Crippen molar-refractivity contribution in [2.45, 2.75) is 11.3 Å². The van der Waals surface area contributed by atoms with E-state index < -0.39 is 62.9 Å². The van der Waals surface area contributed by atoms with Gasteiger partial charge in [-0.05, 0) is 37.1 Å². The second-order valence-corrected chi connectivity index (χ2v) is 17.1. The molecule has 0 saturated carbocycles. The number of rotatable bonds is 14. The molecule has 0 aliphatic heterocycles. The molecular formula is C43H41Cl3O8P2Pd. The van der Waals surface area contributed by atoms with Crippen molar-refractivity contribution in [1.82, 2.24) is 0 Å². The molecule has 0 fully saturated rings. The van der Waals surface area contributed by atoms with Crippen molar-refractivity contribution >= 4 is 84.1 Å². The van der Waals surface area contributed by atoms with Gasteiger partial charge in [0.2, 0.25) is 0 Å². The third-order valence-electron chi connectivity index (χ3n) is 8.62. The van der Waals surface area contributed by atoms with Crippen LogP contribution >= 0.6 is 39.0 Å². The van der Waals surface area contributed by atoms with E-state index in [9.17, 15) is 19.2 Å². The zero-order valence-electron chi connectivity index (χ0n) is 31.4. The second kappa shape index (κ2) is 25.7. The van der Waals surface area contributed by atoms with Crippen molar-refractivity contribution in [1.29, 1.82) is 0 Å². The molecule has 302 valence electrons. The number of alkyl halides is 2. The van der Waals surface area contributed by atoms with Crippen molar-refractivity contribution in [2.75, 3.05) is 33.8 Å². The van der Waals surface area contributed by atoms with Crippen molar-refractivity contribution < 1.29 is 71.0 Å². The van der Waals surface area contributed by atoms with Crippen LogP contribution in [0.25, 0.3) is 0 Å². The first-order valence-electron chi connectivity index (χ1n) is 17.0. The molecule has 5 rings (SSSR count). The summed E-state index contributed by atoms with van der Waals surface area (Å²) in [5.41, 5.74) is -0.664. The topological polar surface area (TPSA) is 105 Å². The molecule has 0 saturated heterocycles. The summed E-state index contributed by atoms with van der Waals surface area (Å²) in [7, 11) is 1.96. The Kier molecular flexibility index (Phi) is 22.3. The molecule has 5 aromatic rings. The normalized spacial score (nSPS) is 11.5. The molecule has 2 atom stereocenters. The minimum absolute atomic E-state index is 0. The van der Waals surface area contributed by atoms with Gasteiger partial charge >= 0.3 is 44.3 Å². The molecule has 0 bridgehead atoms. The van der Waals surface area contributed by atoms with Gasteiger partial charge in [-0.15, -0.1) is 23.2 Å². The fraction of sp³-hybridized carbons (Fsp3) is 0.209. The minimum atomic E-state index is -1.50. The van der Waals surface area contributed by atoms with Crippen LogP contribution in [-0.4, -0.2) is 57.7 Å². The van der Waals surface area contributed by atoms with Gasteiger partial charge in [0.25, 0.3) is 0 Å². The molecule has 0 N–H and O–H groups in total. The van der Waals surface area contributed by atoms with E-state index in [-0.39, 0.29) is 38.2 Å². The molecule has 0 amide bonds. The average Bonchev–Trinajstić information content (AvgIpc) is 3.24. The summed E-state index contributed by atoms with van der Waals surface area (Å²) in [6.45, 7) is 0. The van der Waals surface area contributed by atoms with Crippen LogP contribution in [0.2, 0.25) is 0 Å². The molecule has 8 nitrogen and oxygen atoms in total. The van der Waals surface area contributed by atoms with Crippen LogP contribution < -0.4 is 33.6 Å². The van der Waals surface area contributed by atoms with E-state index in [1.54, 1.807) is 6.07 Å². The number of methoxy groups -OCH3 is 4. The zero-order valence-corrected chi connectivity index (χ0v) is 37.0. The number of benzene rings is 5. The van der Waals surface area contributed by atoms with Gasteiger partial charge < -0.3 is 31.4 Å². The first-order chi connectivity index (χ1) is 26.8. The van der Waals surface area contributed by atoms with Gasteiger partial charge in [0, 0.05) is 11.3 Å². The van der Waals surface area contributed by atoms with Crippen LogP contribution in [-0.2, 0) is 58.5 Å². The third-order valence-corrected chi connectivity index (χ3v) is 14.3. The number of halogens is 3. The average molecular weight is 961 g/mol. The van der Waals surface area contributed by atoms with E-state index in [0.29, 0.717) is 11.1 Å². The minimum Gasteiger partial charge on any atom is -1.00 e. The maximum Gasteiger partial charge on any atom is 2.00 e. The Hall–Kier alpha value is -3.63. The molecule has 0 aliphatic carbocycles. The Balaban J connectivity index is 0.00000217. The largest absolute Gasteiger partial charge is 2.00 e. The smallest absolute Gasteiger partial charge is 1.00 e. The van der Waals surface area contributed by atoms with E-state index in [1.807, 2.05) is 133 Å². The van der Waals surface area contributed by atoms with Crippen LogP contribution in [0.4, 0.5) is 0 Å². The summed E-state index contributed by atoms with van der Waals surface area (Å²) in [6.07, 6.45) is 0. The summed E-state index contributed by atoms with van der Waals surface area (Å²) < 4.78 is 21.0. The molecule has 0 heterocycles. The third kappa shape index (κ3) is 12.7. The molecule has 57 heavy (non-hydrogen) atoms. The number of carbonyl (C=O) groups is 4. The maximum absolute atomic E-state index is 13.7. The first kappa shape index (κ1) is 49.5. The van der Waals surface area contributed by atoms with E-state index >= 15 is 0 Å². The van der Waals surface area contributed by atoms with Crippen molar-refractivity contribution in [3.05, 3.63) is 157 Å². The van der Waals surface area contributed by atoms with E-state index in [4.69, 9.17) is 42.1 Å². The Bertz CT molecular complexity index is 1730. The predicted molar refractivity (Wildman–Crippen MR) is 221 cm³/mol. The summed E-state index contributed by atoms with van der Waals surface area (Å²) >= 11 is 9.53. The summed E-state index contributed by atoms with van der Waals surface area (Å²) in [5, 5.41) is 3.80. The zero-order chi connectivity index (χ0) is 39.7. The second-order valence-electron chi connectivity index (χ2n) is 11.7. The van der Waals surface area contributed by atoms with Crippen LogP contribution in [0, 0.1) is 17.9 Å². The first-order valence-corrected chi connectivity index (χ1v) is 20.9. The summed E-state index contributed by atoms with van der Waals surface area (Å²) in [4.78, 5) is 54.8. The Labute approximate surface area is 366 Å². The number of hydrogen-bond donors (Lipinski definition) is 0. The monoisotopic (exact) mass is 958 g/mol. The summed E-state index contributed by atoms with van der Waals surface area (Å²) in [6, 6.07) is 47.7.